The Labute approximate surface area is 81.3 Å². The number of nitrogens with zero attached hydrogens (tertiary/aromatic N) is 1. The lowest BCUT2D eigenvalue weighted by Gasteiger charge is -2.13. The summed E-state index contributed by atoms with van der Waals surface area (Å²) in [6.07, 6.45) is 4.67. The second-order valence-electron chi connectivity index (χ2n) is 4.45. The van der Waals surface area contributed by atoms with Gasteiger partial charge >= 0.3 is 0 Å². The van der Waals surface area contributed by atoms with Crippen molar-refractivity contribution in [2.75, 3.05) is 19.6 Å². The van der Waals surface area contributed by atoms with E-state index in [-0.39, 0.29) is 0 Å². The minimum atomic E-state index is 0.420. The number of carbonyl (C=O) groups is 1. The third kappa shape index (κ3) is 4.41. The van der Waals surface area contributed by atoms with E-state index < -0.39 is 0 Å². The zero-order valence-electron chi connectivity index (χ0n) is 8.88. The second-order valence-corrected chi connectivity index (χ2v) is 4.45. The van der Waals surface area contributed by atoms with Crippen LogP contribution < -0.4 is 0 Å². The van der Waals surface area contributed by atoms with E-state index in [2.05, 4.69) is 18.7 Å². The van der Waals surface area contributed by atoms with Crippen molar-refractivity contribution in [3.05, 3.63) is 0 Å². The highest BCUT2D eigenvalue weighted by atomic mass is 16.1. The molecule has 0 aliphatic carbocycles. The first kappa shape index (κ1) is 10.7. The maximum atomic E-state index is 11.0. The SMILES string of the molecule is CC(C)CCCCN1CCC(=O)C1. The van der Waals surface area contributed by atoms with E-state index in [1.165, 1.54) is 19.3 Å². The van der Waals surface area contributed by atoms with E-state index in [0.29, 0.717) is 12.3 Å². The smallest absolute Gasteiger partial charge is 0.148 e. The van der Waals surface area contributed by atoms with Crippen LogP contribution in [0.25, 0.3) is 0 Å². The van der Waals surface area contributed by atoms with E-state index in [1.54, 1.807) is 0 Å². The van der Waals surface area contributed by atoms with Crippen LogP contribution in [0.3, 0.4) is 0 Å². The fourth-order valence-electron chi connectivity index (χ4n) is 1.77. The Bertz CT molecular complexity index is 165. The maximum Gasteiger partial charge on any atom is 0.148 e. The first-order valence-corrected chi connectivity index (χ1v) is 5.42. The lowest BCUT2D eigenvalue weighted by molar-refractivity contribution is -0.116. The van der Waals surface area contributed by atoms with Crippen LogP contribution in [-0.2, 0) is 4.79 Å². The molecule has 0 amide bonds. The quantitative estimate of drug-likeness (QED) is 0.608. The van der Waals surface area contributed by atoms with Gasteiger partial charge in [-0.1, -0.05) is 26.7 Å². The van der Waals surface area contributed by atoms with Crippen molar-refractivity contribution in [1.29, 1.82) is 0 Å². The zero-order valence-corrected chi connectivity index (χ0v) is 8.88. The van der Waals surface area contributed by atoms with Crippen molar-refractivity contribution in [2.45, 2.75) is 39.5 Å². The number of Topliss-reactive ketones (excluding diaryl/α,β-unsaturated/α-hetero) is 1. The average molecular weight is 183 g/mol. The van der Waals surface area contributed by atoms with Gasteiger partial charge in [0.15, 0.2) is 0 Å². The zero-order chi connectivity index (χ0) is 9.68. The molecule has 13 heavy (non-hydrogen) atoms. The molecule has 0 atom stereocenters. The summed E-state index contributed by atoms with van der Waals surface area (Å²) >= 11 is 0. The Balaban J connectivity index is 1.97. The Hall–Kier alpha value is -0.370. The van der Waals surface area contributed by atoms with E-state index in [4.69, 9.17) is 0 Å². The molecule has 0 saturated carbocycles. The summed E-state index contributed by atoms with van der Waals surface area (Å²) in [6, 6.07) is 0. The van der Waals surface area contributed by atoms with Gasteiger partial charge in [0, 0.05) is 13.0 Å². The Morgan fingerprint density at radius 2 is 2.15 bits per heavy atom. The molecule has 1 heterocycles. The number of carbonyl (C=O) groups excluding carboxylic acids is 1. The summed E-state index contributed by atoms with van der Waals surface area (Å²) < 4.78 is 0. The highest BCUT2D eigenvalue weighted by molar-refractivity contribution is 5.82. The van der Waals surface area contributed by atoms with Gasteiger partial charge in [-0.15, -0.1) is 0 Å². The molecule has 0 radical (unpaired) electrons. The van der Waals surface area contributed by atoms with Crippen LogP contribution >= 0.6 is 0 Å². The number of hydrogen-bond acceptors (Lipinski definition) is 2. The molecule has 1 aliphatic rings. The highest BCUT2D eigenvalue weighted by Crippen LogP contribution is 2.09. The molecule has 0 aromatic carbocycles. The minimum Gasteiger partial charge on any atom is -0.298 e. The third-order valence-corrected chi connectivity index (χ3v) is 2.61. The molecule has 2 heteroatoms. The summed E-state index contributed by atoms with van der Waals surface area (Å²) in [5.41, 5.74) is 0. The number of rotatable bonds is 5. The van der Waals surface area contributed by atoms with Crippen molar-refractivity contribution in [2.24, 2.45) is 5.92 Å². The minimum absolute atomic E-state index is 0.420. The molecule has 76 valence electrons. The molecule has 1 aliphatic heterocycles. The van der Waals surface area contributed by atoms with Crippen molar-refractivity contribution >= 4 is 5.78 Å². The topological polar surface area (TPSA) is 20.3 Å². The second kappa shape index (κ2) is 5.38. The van der Waals surface area contributed by atoms with E-state index in [1.807, 2.05) is 0 Å². The van der Waals surface area contributed by atoms with Gasteiger partial charge in [-0.2, -0.15) is 0 Å². The van der Waals surface area contributed by atoms with Gasteiger partial charge < -0.3 is 0 Å². The summed E-state index contributed by atoms with van der Waals surface area (Å²) in [7, 11) is 0. The van der Waals surface area contributed by atoms with Gasteiger partial charge in [0.25, 0.3) is 0 Å². The summed E-state index contributed by atoms with van der Waals surface area (Å²) in [6.45, 7) is 7.36. The summed E-state index contributed by atoms with van der Waals surface area (Å²) in [4.78, 5) is 13.2. The predicted octanol–water partition coefficient (Wildman–Crippen LogP) is 2.09. The Morgan fingerprint density at radius 1 is 1.38 bits per heavy atom. The van der Waals surface area contributed by atoms with Gasteiger partial charge in [-0.05, 0) is 18.9 Å². The van der Waals surface area contributed by atoms with Gasteiger partial charge in [0.2, 0.25) is 0 Å². The lowest BCUT2D eigenvalue weighted by Crippen LogP contribution is -2.21. The normalized spacial score (nSPS) is 18.8. The highest BCUT2D eigenvalue weighted by Gasteiger charge is 2.17. The van der Waals surface area contributed by atoms with Crippen LogP contribution in [0, 0.1) is 5.92 Å². The van der Waals surface area contributed by atoms with Crippen LogP contribution in [0.2, 0.25) is 0 Å². The Morgan fingerprint density at radius 3 is 2.69 bits per heavy atom. The van der Waals surface area contributed by atoms with Crippen molar-refractivity contribution in [3.8, 4) is 0 Å². The first-order chi connectivity index (χ1) is 6.18. The van der Waals surface area contributed by atoms with Gasteiger partial charge in [-0.3, -0.25) is 9.69 Å². The third-order valence-electron chi connectivity index (χ3n) is 2.61. The van der Waals surface area contributed by atoms with Crippen LogP contribution in [0.1, 0.15) is 39.5 Å². The van der Waals surface area contributed by atoms with Gasteiger partial charge in [0.1, 0.15) is 5.78 Å². The van der Waals surface area contributed by atoms with Crippen LogP contribution in [0.5, 0.6) is 0 Å². The van der Waals surface area contributed by atoms with Gasteiger partial charge in [-0.25, -0.2) is 0 Å². The number of hydrogen-bond donors (Lipinski definition) is 0. The molecule has 0 N–H and O–H groups in total. The summed E-state index contributed by atoms with van der Waals surface area (Å²) in [5, 5.41) is 0. The molecule has 0 spiro atoms. The molecular weight excluding hydrogens is 162 g/mol. The monoisotopic (exact) mass is 183 g/mol. The van der Waals surface area contributed by atoms with Crippen LogP contribution in [0.15, 0.2) is 0 Å². The number of likely N-dealkylation sites (tertiary alicyclic amines) is 1. The average Bonchev–Trinajstić information content (AvgIpc) is 2.45. The van der Waals surface area contributed by atoms with Crippen molar-refractivity contribution < 1.29 is 4.79 Å². The van der Waals surface area contributed by atoms with E-state index >= 15 is 0 Å². The standard InChI is InChI=1S/C11H21NO/c1-10(2)5-3-4-7-12-8-6-11(13)9-12/h10H,3-9H2,1-2H3. The predicted molar refractivity (Wildman–Crippen MR) is 54.8 cm³/mol. The van der Waals surface area contributed by atoms with E-state index in [0.717, 1.165) is 25.4 Å². The molecule has 0 unspecified atom stereocenters. The fourth-order valence-corrected chi connectivity index (χ4v) is 1.77. The largest absolute Gasteiger partial charge is 0.298 e. The van der Waals surface area contributed by atoms with Crippen LogP contribution in [-0.4, -0.2) is 30.3 Å². The molecule has 1 fully saturated rings. The molecule has 1 saturated heterocycles. The van der Waals surface area contributed by atoms with Crippen LogP contribution in [0.4, 0.5) is 0 Å². The van der Waals surface area contributed by atoms with Crippen molar-refractivity contribution in [1.82, 2.24) is 4.90 Å². The number of ketones is 1. The summed E-state index contributed by atoms with van der Waals surface area (Å²) in [5.74, 6) is 1.24. The molecule has 0 aromatic rings. The fraction of sp³-hybridized carbons (Fsp3) is 0.909. The lowest BCUT2D eigenvalue weighted by atomic mass is 10.1. The Kier molecular flexibility index (Phi) is 4.43. The molecular formula is C11H21NO. The first-order valence-electron chi connectivity index (χ1n) is 5.42. The molecule has 2 nitrogen and oxygen atoms in total. The maximum absolute atomic E-state index is 11.0. The van der Waals surface area contributed by atoms with Gasteiger partial charge in [0.05, 0.1) is 6.54 Å². The molecule has 0 bridgehead atoms. The number of unbranched alkanes of at least 4 members (excludes halogenated alkanes) is 1. The van der Waals surface area contributed by atoms with Crippen molar-refractivity contribution in [3.63, 3.8) is 0 Å². The molecule has 1 rings (SSSR count). The molecule has 0 aromatic heterocycles. The van der Waals surface area contributed by atoms with E-state index in [9.17, 15) is 4.79 Å².